The van der Waals surface area contributed by atoms with Crippen LogP contribution in [0.2, 0.25) is 0 Å². The number of carboxylic acid groups (broad SMARTS) is 1. The van der Waals surface area contributed by atoms with E-state index < -0.39 is 11.4 Å². The Kier molecular flexibility index (Phi) is 4.50. The standard InChI is InChI=1S/C16H21NO4/c1-16(15(19)20)9-10-17(11-16)14(18)8-5-12-3-6-13(21-2)7-4-12/h3-4,6-7H,5,8-11H2,1-2H3,(H,19,20). The molecule has 1 aromatic rings. The van der Waals surface area contributed by atoms with E-state index >= 15 is 0 Å². The highest BCUT2D eigenvalue weighted by Gasteiger charge is 2.41. The maximum atomic E-state index is 12.2. The molecule has 1 aliphatic heterocycles. The number of nitrogens with zero attached hydrogens (tertiary/aromatic N) is 1. The molecular weight excluding hydrogens is 270 g/mol. The second-order valence-corrected chi connectivity index (χ2v) is 5.78. The van der Waals surface area contributed by atoms with Gasteiger partial charge in [0.25, 0.3) is 0 Å². The number of aryl methyl sites for hydroxylation is 1. The molecule has 1 unspecified atom stereocenters. The summed E-state index contributed by atoms with van der Waals surface area (Å²) in [6, 6.07) is 7.63. The molecule has 1 saturated heterocycles. The molecule has 0 aromatic heterocycles. The minimum Gasteiger partial charge on any atom is -0.497 e. The Morgan fingerprint density at radius 1 is 1.33 bits per heavy atom. The minimum absolute atomic E-state index is 0.0239. The van der Waals surface area contributed by atoms with Crippen molar-refractivity contribution in [3.05, 3.63) is 29.8 Å². The van der Waals surface area contributed by atoms with Gasteiger partial charge in [-0.3, -0.25) is 9.59 Å². The molecule has 5 heteroatoms. The Balaban J connectivity index is 1.86. The lowest BCUT2D eigenvalue weighted by molar-refractivity contribution is -0.147. The number of likely N-dealkylation sites (tertiary alicyclic amines) is 1. The van der Waals surface area contributed by atoms with Gasteiger partial charge >= 0.3 is 5.97 Å². The van der Waals surface area contributed by atoms with Gasteiger partial charge in [0.1, 0.15) is 5.75 Å². The summed E-state index contributed by atoms with van der Waals surface area (Å²) in [4.78, 5) is 25.0. The first kappa shape index (κ1) is 15.4. The number of methoxy groups -OCH3 is 1. The molecule has 1 atom stereocenters. The first-order valence-corrected chi connectivity index (χ1v) is 7.09. The van der Waals surface area contributed by atoms with Crippen LogP contribution in [0.15, 0.2) is 24.3 Å². The molecule has 0 saturated carbocycles. The molecule has 21 heavy (non-hydrogen) atoms. The molecule has 1 aliphatic rings. The van der Waals surface area contributed by atoms with Gasteiger partial charge in [-0.05, 0) is 37.5 Å². The van der Waals surface area contributed by atoms with E-state index in [-0.39, 0.29) is 5.91 Å². The van der Waals surface area contributed by atoms with Crippen LogP contribution in [0, 0.1) is 5.41 Å². The van der Waals surface area contributed by atoms with Gasteiger partial charge in [-0.15, -0.1) is 0 Å². The van der Waals surface area contributed by atoms with E-state index in [0.717, 1.165) is 11.3 Å². The summed E-state index contributed by atoms with van der Waals surface area (Å²) in [5.41, 5.74) is 0.278. The lowest BCUT2D eigenvalue weighted by Crippen LogP contribution is -2.34. The first-order chi connectivity index (χ1) is 9.94. The van der Waals surface area contributed by atoms with Gasteiger partial charge in [0.05, 0.1) is 12.5 Å². The van der Waals surface area contributed by atoms with Crippen LogP contribution in [0.25, 0.3) is 0 Å². The van der Waals surface area contributed by atoms with Crippen LogP contribution in [0.4, 0.5) is 0 Å². The minimum atomic E-state index is -0.826. The van der Waals surface area contributed by atoms with Gasteiger partial charge < -0.3 is 14.7 Å². The Hall–Kier alpha value is -2.04. The maximum absolute atomic E-state index is 12.2. The summed E-state index contributed by atoms with van der Waals surface area (Å²) in [5, 5.41) is 9.18. The van der Waals surface area contributed by atoms with Gasteiger partial charge in [-0.1, -0.05) is 12.1 Å². The first-order valence-electron chi connectivity index (χ1n) is 7.09. The molecule has 1 aromatic carbocycles. The van der Waals surface area contributed by atoms with E-state index in [1.54, 1.807) is 18.9 Å². The summed E-state index contributed by atoms with van der Waals surface area (Å²) < 4.78 is 5.09. The van der Waals surface area contributed by atoms with Gasteiger partial charge in [0.15, 0.2) is 0 Å². The summed E-state index contributed by atoms with van der Waals surface area (Å²) in [5.74, 6) is -0.00871. The zero-order valence-corrected chi connectivity index (χ0v) is 12.5. The molecule has 0 spiro atoms. The molecule has 1 fully saturated rings. The summed E-state index contributed by atoms with van der Waals surface area (Å²) in [7, 11) is 1.62. The molecule has 1 heterocycles. The predicted molar refractivity (Wildman–Crippen MR) is 78.3 cm³/mol. The molecule has 1 amide bonds. The molecule has 5 nitrogen and oxygen atoms in total. The van der Waals surface area contributed by atoms with Crippen LogP contribution in [0.5, 0.6) is 5.75 Å². The number of hydrogen-bond donors (Lipinski definition) is 1. The third-order valence-corrected chi connectivity index (χ3v) is 4.13. The van der Waals surface area contributed by atoms with Crippen LogP contribution in [-0.2, 0) is 16.0 Å². The highest BCUT2D eigenvalue weighted by atomic mass is 16.5. The number of carbonyl (C=O) groups excluding carboxylic acids is 1. The Morgan fingerprint density at radius 2 is 2.00 bits per heavy atom. The lowest BCUT2D eigenvalue weighted by Gasteiger charge is -2.20. The van der Waals surface area contributed by atoms with Crippen LogP contribution in [0.1, 0.15) is 25.3 Å². The second kappa shape index (κ2) is 6.16. The summed E-state index contributed by atoms with van der Waals surface area (Å²) in [6.07, 6.45) is 1.59. The van der Waals surface area contributed by atoms with Crippen molar-refractivity contribution in [2.45, 2.75) is 26.2 Å². The highest BCUT2D eigenvalue weighted by Crippen LogP contribution is 2.30. The molecule has 0 bridgehead atoms. The van der Waals surface area contributed by atoms with Gasteiger partial charge in [0, 0.05) is 19.5 Å². The van der Waals surface area contributed by atoms with Crippen molar-refractivity contribution in [2.24, 2.45) is 5.41 Å². The Labute approximate surface area is 124 Å². The van der Waals surface area contributed by atoms with E-state index in [1.165, 1.54) is 0 Å². The second-order valence-electron chi connectivity index (χ2n) is 5.78. The number of aliphatic carboxylic acids is 1. The van der Waals surface area contributed by atoms with Crippen molar-refractivity contribution in [3.8, 4) is 5.75 Å². The van der Waals surface area contributed by atoms with Crippen LogP contribution >= 0.6 is 0 Å². The van der Waals surface area contributed by atoms with Crippen LogP contribution in [0.3, 0.4) is 0 Å². The number of benzene rings is 1. The number of carboxylic acids is 1. The topological polar surface area (TPSA) is 66.8 Å². The van der Waals surface area contributed by atoms with E-state index in [9.17, 15) is 14.7 Å². The largest absolute Gasteiger partial charge is 0.497 e. The number of carbonyl (C=O) groups is 2. The summed E-state index contributed by atoms with van der Waals surface area (Å²) >= 11 is 0. The fourth-order valence-electron chi connectivity index (χ4n) is 2.55. The zero-order valence-electron chi connectivity index (χ0n) is 12.5. The number of ether oxygens (including phenoxy) is 1. The lowest BCUT2D eigenvalue weighted by atomic mass is 9.90. The third kappa shape index (κ3) is 3.54. The monoisotopic (exact) mass is 291 g/mol. The van der Waals surface area contributed by atoms with E-state index in [0.29, 0.717) is 32.4 Å². The molecule has 2 rings (SSSR count). The van der Waals surface area contributed by atoms with Crippen molar-refractivity contribution in [1.82, 2.24) is 4.90 Å². The van der Waals surface area contributed by atoms with Crippen LogP contribution in [-0.4, -0.2) is 42.1 Å². The van der Waals surface area contributed by atoms with Crippen LogP contribution < -0.4 is 4.74 Å². The van der Waals surface area contributed by atoms with Crippen molar-refractivity contribution in [1.29, 1.82) is 0 Å². The van der Waals surface area contributed by atoms with E-state index in [4.69, 9.17) is 4.74 Å². The molecule has 0 aliphatic carbocycles. The highest BCUT2D eigenvalue weighted by molar-refractivity contribution is 5.80. The number of hydrogen-bond acceptors (Lipinski definition) is 3. The fraction of sp³-hybridized carbons (Fsp3) is 0.500. The molecule has 0 radical (unpaired) electrons. The van der Waals surface area contributed by atoms with Gasteiger partial charge in [-0.25, -0.2) is 0 Å². The maximum Gasteiger partial charge on any atom is 0.311 e. The average Bonchev–Trinajstić information content (AvgIpc) is 2.89. The fourth-order valence-corrected chi connectivity index (χ4v) is 2.55. The normalized spacial score (nSPS) is 21.3. The quantitative estimate of drug-likeness (QED) is 0.900. The number of rotatable bonds is 5. The molecule has 1 N–H and O–H groups in total. The number of amides is 1. The van der Waals surface area contributed by atoms with Crippen molar-refractivity contribution in [2.75, 3.05) is 20.2 Å². The molecular formula is C16H21NO4. The smallest absolute Gasteiger partial charge is 0.311 e. The third-order valence-electron chi connectivity index (χ3n) is 4.13. The van der Waals surface area contributed by atoms with E-state index in [2.05, 4.69) is 0 Å². The van der Waals surface area contributed by atoms with Crippen molar-refractivity contribution < 1.29 is 19.4 Å². The van der Waals surface area contributed by atoms with Gasteiger partial charge in [-0.2, -0.15) is 0 Å². The SMILES string of the molecule is COc1ccc(CCC(=O)N2CCC(C)(C(=O)O)C2)cc1. The Morgan fingerprint density at radius 3 is 2.52 bits per heavy atom. The van der Waals surface area contributed by atoms with Crippen molar-refractivity contribution in [3.63, 3.8) is 0 Å². The predicted octanol–water partition coefficient (Wildman–Crippen LogP) is 1.95. The van der Waals surface area contributed by atoms with E-state index in [1.807, 2.05) is 24.3 Å². The molecule has 114 valence electrons. The zero-order chi connectivity index (χ0) is 15.5. The van der Waals surface area contributed by atoms with Gasteiger partial charge in [0.2, 0.25) is 5.91 Å². The Bertz CT molecular complexity index is 526. The average molecular weight is 291 g/mol. The van der Waals surface area contributed by atoms with Crippen molar-refractivity contribution >= 4 is 11.9 Å². The summed E-state index contributed by atoms with van der Waals surface area (Å²) in [6.45, 7) is 2.54.